The Hall–Kier alpha value is -0.640. The molecule has 2 aromatic rings. The van der Waals surface area contributed by atoms with Gasteiger partial charge in [-0.2, -0.15) is 0 Å². The van der Waals surface area contributed by atoms with E-state index in [1.807, 2.05) is 0 Å². The van der Waals surface area contributed by atoms with Crippen molar-refractivity contribution >= 4 is 27.3 Å². The van der Waals surface area contributed by atoms with Crippen molar-refractivity contribution in [1.29, 1.82) is 0 Å². The molecule has 1 nitrogen and oxygen atoms in total. The van der Waals surface area contributed by atoms with Gasteiger partial charge in [-0.3, -0.25) is 0 Å². The predicted octanol–water partition coefficient (Wildman–Crippen LogP) is 4.68. The number of benzene rings is 1. The lowest BCUT2D eigenvalue weighted by atomic mass is 9.99. The number of hydrogen-bond acceptors (Lipinski definition) is 2. The van der Waals surface area contributed by atoms with Crippen LogP contribution in [0.1, 0.15) is 41.8 Å². The van der Waals surface area contributed by atoms with Crippen LogP contribution in [-0.2, 0) is 0 Å². The predicted molar refractivity (Wildman–Crippen MR) is 78.6 cm³/mol. The minimum atomic E-state index is -0.0208. The van der Waals surface area contributed by atoms with E-state index in [0.717, 1.165) is 4.47 Å². The van der Waals surface area contributed by atoms with Gasteiger partial charge < -0.3 is 5.73 Å². The molecule has 1 heterocycles. The Balaban J connectivity index is 2.22. The molecule has 0 amide bonds. The zero-order valence-corrected chi connectivity index (χ0v) is 12.4. The van der Waals surface area contributed by atoms with E-state index in [4.69, 9.17) is 5.73 Å². The Morgan fingerprint density at radius 2 is 1.71 bits per heavy atom. The van der Waals surface area contributed by atoms with Crippen molar-refractivity contribution < 1.29 is 0 Å². The summed E-state index contributed by atoms with van der Waals surface area (Å²) in [5, 5.41) is 2.07. The van der Waals surface area contributed by atoms with E-state index >= 15 is 0 Å². The molecule has 0 spiro atoms. The third-order valence-electron chi connectivity index (χ3n) is 2.86. The summed E-state index contributed by atoms with van der Waals surface area (Å²) in [7, 11) is 0. The van der Waals surface area contributed by atoms with Crippen molar-refractivity contribution in [2.45, 2.75) is 25.8 Å². The second-order valence-electron chi connectivity index (χ2n) is 4.47. The monoisotopic (exact) mass is 309 g/mol. The Morgan fingerprint density at radius 3 is 2.18 bits per heavy atom. The molecular formula is C14H16BrNS. The lowest BCUT2D eigenvalue weighted by Crippen LogP contribution is -2.10. The van der Waals surface area contributed by atoms with Gasteiger partial charge in [-0.05, 0) is 39.0 Å². The van der Waals surface area contributed by atoms with Crippen molar-refractivity contribution in [1.82, 2.24) is 0 Å². The van der Waals surface area contributed by atoms with Crippen LogP contribution >= 0.6 is 27.3 Å². The summed E-state index contributed by atoms with van der Waals surface area (Å²) in [6.07, 6.45) is 0. The van der Waals surface area contributed by atoms with E-state index in [1.165, 1.54) is 16.0 Å². The molecule has 0 radical (unpaired) electrons. The number of nitrogens with two attached hydrogens (primary N) is 1. The largest absolute Gasteiger partial charge is 0.320 e. The molecule has 0 saturated heterocycles. The fourth-order valence-electron chi connectivity index (χ4n) is 1.74. The molecule has 0 fully saturated rings. The number of thiophene rings is 1. The van der Waals surface area contributed by atoms with Crippen LogP contribution in [0.2, 0.25) is 0 Å². The van der Waals surface area contributed by atoms with Gasteiger partial charge in [-0.25, -0.2) is 0 Å². The molecular weight excluding hydrogens is 294 g/mol. The maximum atomic E-state index is 6.25. The fraction of sp³-hybridized carbons (Fsp3) is 0.286. The Labute approximate surface area is 115 Å². The van der Waals surface area contributed by atoms with Gasteiger partial charge in [0.05, 0.1) is 6.04 Å². The summed E-state index contributed by atoms with van der Waals surface area (Å²) < 4.78 is 1.10. The first-order valence-corrected chi connectivity index (χ1v) is 7.34. The number of hydrogen-bond donors (Lipinski definition) is 1. The van der Waals surface area contributed by atoms with Crippen LogP contribution in [0.3, 0.4) is 0 Å². The average molecular weight is 310 g/mol. The fourth-order valence-corrected chi connectivity index (χ4v) is 3.22. The molecule has 1 aromatic carbocycles. The highest BCUT2D eigenvalue weighted by Gasteiger charge is 2.11. The molecule has 2 N–H and O–H groups in total. The summed E-state index contributed by atoms with van der Waals surface area (Å²) >= 11 is 5.15. The quantitative estimate of drug-likeness (QED) is 0.875. The second kappa shape index (κ2) is 5.34. The van der Waals surface area contributed by atoms with Crippen molar-refractivity contribution in [2.24, 2.45) is 5.73 Å². The summed E-state index contributed by atoms with van der Waals surface area (Å²) in [5.74, 6) is 0.566. The van der Waals surface area contributed by atoms with Crippen molar-refractivity contribution in [3.05, 3.63) is 56.2 Å². The standard InChI is InChI=1S/C14H16BrNS/c1-9(2)10-3-5-11(6-4-10)14(16)13-7-12(15)8-17-13/h3-9,14H,16H2,1-2H3. The minimum absolute atomic E-state index is 0.0208. The van der Waals surface area contributed by atoms with Crippen molar-refractivity contribution in [3.8, 4) is 0 Å². The van der Waals surface area contributed by atoms with Crippen LogP contribution in [-0.4, -0.2) is 0 Å². The van der Waals surface area contributed by atoms with Crippen LogP contribution in [0.25, 0.3) is 0 Å². The van der Waals surface area contributed by atoms with Gasteiger partial charge in [0.25, 0.3) is 0 Å². The van der Waals surface area contributed by atoms with E-state index < -0.39 is 0 Å². The maximum Gasteiger partial charge on any atom is 0.0646 e. The van der Waals surface area contributed by atoms with E-state index in [-0.39, 0.29) is 6.04 Å². The SMILES string of the molecule is CC(C)c1ccc(C(N)c2cc(Br)cs2)cc1. The number of rotatable bonds is 3. The second-order valence-corrected chi connectivity index (χ2v) is 6.32. The maximum absolute atomic E-state index is 6.25. The first-order valence-electron chi connectivity index (χ1n) is 5.67. The lowest BCUT2D eigenvalue weighted by molar-refractivity contribution is 0.854. The lowest BCUT2D eigenvalue weighted by Gasteiger charge is -2.12. The van der Waals surface area contributed by atoms with Crippen LogP contribution in [0.5, 0.6) is 0 Å². The molecule has 0 bridgehead atoms. The third-order valence-corrected chi connectivity index (χ3v) is 4.63. The Morgan fingerprint density at radius 1 is 1.12 bits per heavy atom. The molecule has 0 aliphatic rings. The van der Waals surface area contributed by atoms with Crippen molar-refractivity contribution in [3.63, 3.8) is 0 Å². The van der Waals surface area contributed by atoms with Gasteiger partial charge in [-0.1, -0.05) is 38.1 Å². The molecule has 3 heteroatoms. The van der Waals surface area contributed by atoms with Gasteiger partial charge in [0.15, 0.2) is 0 Å². The first-order chi connectivity index (χ1) is 8.08. The minimum Gasteiger partial charge on any atom is -0.320 e. The molecule has 2 rings (SSSR count). The third kappa shape index (κ3) is 2.97. The molecule has 17 heavy (non-hydrogen) atoms. The van der Waals surface area contributed by atoms with E-state index in [1.54, 1.807) is 11.3 Å². The molecule has 1 atom stereocenters. The zero-order chi connectivity index (χ0) is 12.4. The summed E-state index contributed by atoms with van der Waals surface area (Å²) in [5.41, 5.74) is 8.77. The zero-order valence-electron chi connectivity index (χ0n) is 9.98. The van der Waals surface area contributed by atoms with E-state index in [9.17, 15) is 0 Å². The average Bonchev–Trinajstić information content (AvgIpc) is 2.75. The first kappa shape index (κ1) is 12.8. The van der Waals surface area contributed by atoms with Gasteiger partial charge in [0.1, 0.15) is 0 Å². The molecule has 0 aliphatic carbocycles. The molecule has 1 aromatic heterocycles. The van der Waals surface area contributed by atoms with Gasteiger partial charge in [0.2, 0.25) is 0 Å². The Kier molecular flexibility index (Phi) is 4.02. The van der Waals surface area contributed by atoms with E-state index in [2.05, 4.69) is 65.5 Å². The molecule has 90 valence electrons. The van der Waals surface area contributed by atoms with Gasteiger partial charge in [0, 0.05) is 14.7 Å². The molecule has 1 unspecified atom stereocenters. The highest BCUT2D eigenvalue weighted by atomic mass is 79.9. The highest BCUT2D eigenvalue weighted by Crippen LogP contribution is 2.29. The van der Waals surface area contributed by atoms with Crippen LogP contribution in [0.4, 0.5) is 0 Å². The van der Waals surface area contributed by atoms with Crippen LogP contribution in [0, 0.1) is 0 Å². The summed E-state index contributed by atoms with van der Waals surface area (Å²) in [6, 6.07) is 10.7. The topological polar surface area (TPSA) is 26.0 Å². The molecule has 0 saturated carbocycles. The normalized spacial score (nSPS) is 13.0. The Bertz CT molecular complexity index is 487. The smallest absolute Gasteiger partial charge is 0.0646 e. The van der Waals surface area contributed by atoms with Crippen molar-refractivity contribution in [2.75, 3.05) is 0 Å². The van der Waals surface area contributed by atoms with Crippen LogP contribution < -0.4 is 5.73 Å². The number of halogens is 1. The van der Waals surface area contributed by atoms with Gasteiger partial charge in [-0.15, -0.1) is 11.3 Å². The van der Waals surface area contributed by atoms with Crippen LogP contribution in [0.15, 0.2) is 40.2 Å². The summed E-state index contributed by atoms with van der Waals surface area (Å²) in [6.45, 7) is 4.40. The van der Waals surface area contributed by atoms with Gasteiger partial charge >= 0.3 is 0 Å². The van der Waals surface area contributed by atoms with E-state index in [0.29, 0.717) is 5.92 Å². The highest BCUT2D eigenvalue weighted by molar-refractivity contribution is 9.10. The molecule has 0 aliphatic heterocycles. The summed E-state index contributed by atoms with van der Waals surface area (Å²) in [4.78, 5) is 1.19.